The number of amides is 1. The van der Waals surface area contributed by atoms with Crippen molar-refractivity contribution in [3.8, 4) is 17.0 Å². The summed E-state index contributed by atoms with van der Waals surface area (Å²) in [4.78, 5) is 19.8. The van der Waals surface area contributed by atoms with E-state index in [2.05, 4.69) is 14.7 Å². The highest BCUT2D eigenvalue weighted by Gasteiger charge is 2.31. The van der Waals surface area contributed by atoms with E-state index >= 15 is 0 Å². The van der Waals surface area contributed by atoms with Crippen LogP contribution in [0.15, 0.2) is 57.8 Å². The van der Waals surface area contributed by atoms with E-state index in [4.69, 9.17) is 4.74 Å². The maximum atomic E-state index is 12.6. The number of hydrogen-bond acceptors (Lipinski definition) is 7. The normalized spacial score (nSPS) is 14.0. The molecule has 0 unspecified atom stereocenters. The number of aryl methyl sites for hydroxylation is 1. The molecule has 1 aliphatic rings. The van der Waals surface area contributed by atoms with Crippen molar-refractivity contribution in [2.75, 3.05) is 26.0 Å². The molecule has 4 rings (SSSR count). The topological polar surface area (TPSA) is 101 Å². The molecule has 0 atom stereocenters. The SMILES string of the molecule is COc1ccc(-c2nc(NC(=O)CN(C)C3=NS(=O)(=O)c4ccccc43)sc2C)cc1. The molecule has 1 amide bonds. The number of methoxy groups -OCH3 is 1. The molecule has 0 aliphatic carbocycles. The number of amidine groups is 1. The first-order valence-corrected chi connectivity index (χ1v) is 11.6. The Morgan fingerprint density at radius 2 is 1.87 bits per heavy atom. The van der Waals surface area contributed by atoms with Crippen molar-refractivity contribution in [3.05, 3.63) is 59.0 Å². The van der Waals surface area contributed by atoms with Gasteiger partial charge in [0.1, 0.15) is 10.6 Å². The average Bonchev–Trinajstić information content (AvgIpc) is 3.24. The highest BCUT2D eigenvalue weighted by molar-refractivity contribution is 7.90. The standard InChI is InChI=1S/C21H20N4O4S2/c1-13-19(14-8-10-15(29-3)11-9-14)23-21(30-13)22-18(26)12-25(2)20-16-6-4-5-7-17(16)31(27,28)24-20/h4-11H,12H2,1-3H3,(H,22,23,26). The highest BCUT2D eigenvalue weighted by Crippen LogP contribution is 2.31. The van der Waals surface area contributed by atoms with Gasteiger partial charge in [-0.2, -0.15) is 8.42 Å². The van der Waals surface area contributed by atoms with Crippen molar-refractivity contribution in [1.29, 1.82) is 0 Å². The van der Waals surface area contributed by atoms with E-state index in [1.807, 2.05) is 31.2 Å². The van der Waals surface area contributed by atoms with Crippen LogP contribution in [0.25, 0.3) is 11.3 Å². The summed E-state index contributed by atoms with van der Waals surface area (Å²) in [6, 6.07) is 14.1. The number of likely N-dealkylation sites (N-methyl/N-ethyl adjacent to an activating group) is 1. The van der Waals surface area contributed by atoms with Gasteiger partial charge >= 0.3 is 0 Å². The number of benzene rings is 2. The molecule has 2 heterocycles. The lowest BCUT2D eigenvalue weighted by molar-refractivity contribution is -0.116. The van der Waals surface area contributed by atoms with Gasteiger partial charge in [-0.3, -0.25) is 4.79 Å². The number of aromatic nitrogens is 1. The minimum Gasteiger partial charge on any atom is -0.497 e. The number of hydrogen-bond donors (Lipinski definition) is 1. The fourth-order valence-electron chi connectivity index (χ4n) is 3.28. The van der Waals surface area contributed by atoms with Crippen LogP contribution in [0.4, 0.5) is 5.13 Å². The summed E-state index contributed by atoms with van der Waals surface area (Å²) in [5.41, 5.74) is 2.20. The number of anilines is 1. The van der Waals surface area contributed by atoms with E-state index in [-0.39, 0.29) is 23.2 Å². The molecule has 160 valence electrons. The van der Waals surface area contributed by atoms with Crippen LogP contribution >= 0.6 is 11.3 Å². The molecule has 1 aromatic heterocycles. The molecule has 10 heteroatoms. The maximum absolute atomic E-state index is 12.6. The van der Waals surface area contributed by atoms with Crippen LogP contribution in [0.3, 0.4) is 0 Å². The first kappa shape index (κ1) is 21.0. The van der Waals surface area contributed by atoms with Crippen LogP contribution in [-0.2, 0) is 14.8 Å². The fraction of sp³-hybridized carbons (Fsp3) is 0.190. The molecule has 31 heavy (non-hydrogen) atoms. The van der Waals surface area contributed by atoms with Crippen molar-refractivity contribution in [2.24, 2.45) is 4.40 Å². The van der Waals surface area contributed by atoms with Gasteiger partial charge in [-0.15, -0.1) is 15.7 Å². The van der Waals surface area contributed by atoms with E-state index in [1.165, 1.54) is 22.3 Å². The molecule has 0 bridgehead atoms. The molecular formula is C21H20N4O4S2. The number of fused-ring (bicyclic) bond motifs is 1. The van der Waals surface area contributed by atoms with Gasteiger partial charge in [0.05, 0.1) is 19.3 Å². The first-order chi connectivity index (χ1) is 14.8. The number of rotatable bonds is 5. The third-order valence-corrected chi connectivity index (χ3v) is 6.97. The molecule has 0 fully saturated rings. The summed E-state index contributed by atoms with van der Waals surface area (Å²) < 4.78 is 33.5. The summed E-state index contributed by atoms with van der Waals surface area (Å²) in [6.45, 7) is 1.87. The number of ether oxygens (including phenoxy) is 1. The Labute approximate surface area is 184 Å². The fourth-order valence-corrected chi connectivity index (χ4v) is 5.38. The van der Waals surface area contributed by atoms with Gasteiger partial charge < -0.3 is 15.0 Å². The lowest BCUT2D eigenvalue weighted by Gasteiger charge is -2.17. The van der Waals surface area contributed by atoms with Crippen LogP contribution in [0.2, 0.25) is 0 Å². The van der Waals surface area contributed by atoms with Gasteiger partial charge in [0.25, 0.3) is 10.0 Å². The summed E-state index contributed by atoms with van der Waals surface area (Å²) in [7, 11) is -0.496. The molecule has 1 aliphatic heterocycles. The third kappa shape index (κ3) is 4.17. The number of nitrogens with one attached hydrogen (secondary N) is 1. The van der Waals surface area contributed by atoms with Crippen LogP contribution in [0, 0.1) is 6.92 Å². The predicted octanol–water partition coefficient (Wildman–Crippen LogP) is 3.15. The van der Waals surface area contributed by atoms with Crippen LogP contribution in [0.1, 0.15) is 10.4 Å². The second kappa shape index (κ2) is 8.12. The number of carbonyl (C=O) groups is 1. The molecule has 2 aromatic carbocycles. The summed E-state index contributed by atoms with van der Waals surface area (Å²) >= 11 is 1.38. The van der Waals surface area contributed by atoms with Crippen molar-refractivity contribution in [1.82, 2.24) is 9.88 Å². The lowest BCUT2D eigenvalue weighted by atomic mass is 10.1. The maximum Gasteiger partial charge on any atom is 0.285 e. The first-order valence-electron chi connectivity index (χ1n) is 9.35. The zero-order valence-corrected chi connectivity index (χ0v) is 18.8. The number of nitrogens with zero attached hydrogens (tertiary/aromatic N) is 3. The molecule has 0 saturated heterocycles. The third-order valence-electron chi connectivity index (χ3n) is 4.76. The van der Waals surface area contributed by atoms with E-state index in [0.29, 0.717) is 10.7 Å². The summed E-state index contributed by atoms with van der Waals surface area (Å²) in [5.74, 6) is 0.689. The second-order valence-electron chi connectivity index (χ2n) is 6.94. The van der Waals surface area contributed by atoms with Gasteiger partial charge in [0, 0.05) is 23.1 Å². The van der Waals surface area contributed by atoms with Crippen LogP contribution in [0.5, 0.6) is 5.75 Å². The van der Waals surface area contributed by atoms with Crippen LogP contribution in [-0.4, -0.2) is 50.7 Å². The van der Waals surface area contributed by atoms with Crippen LogP contribution < -0.4 is 10.1 Å². The lowest BCUT2D eigenvalue weighted by Crippen LogP contribution is -2.34. The minimum absolute atomic E-state index is 0.0703. The number of carbonyl (C=O) groups excluding carboxylic acids is 1. The average molecular weight is 457 g/mol. The Morgan fingerprint density at radius 1 is 1.16 bits per heavy atom. The Hall–Kier alpha value is -3.24. The zero-order valence-electron chi connectivity index (χ0n) is 17.1. The quantitative estimate of drug-likeness (QED) is 0.633. The van der Waals surface area contributed by atoms with E-state index in [0.717, 1.165) is 21.9 Å². The Balaban J connectivity index is 1.47. The van der Waals surface area contributed by atoms with Gasteiger partial charge in [-0.05, 0) is 43.3 Å². The molecule has 0 saturated carbocycles. The minimum atomic E-state index is -3.74. The highest BCUT2D eigenvalue weighted by atomic mass is 32.2. The largest absolute Gasteiger partial charge is 0.497 e. The zero-order chi connectivity index (χ0) is 22.2. The van der Waals surface area contributed by atoms with Crippen molar-refractivity contribution >= 4 is 38.2 Å². The Morgan fingerprint density at radius 3 is 2.58 bits per heavy atom. The van der Waals surface area contributed by atoms with E-state index in [1.54, 1.807) is 32.4 Å². The molecular weight excluding hydrogens is 436 g/mol. The summed E-state index contributed by atoms with van der Waals surface area (Å²) in [6.07, 6.45) is 0. The smallest absolute Gasteiger partial charge is 0.285 e. The summed E-state index contributed by atoms with van der Waals surface area (Å²) in [5, 5.41) is 3.27. The molecule has 8 nitrogen and oxygen atoms in total. The molecule has 1 N–H and O–H groups in total. The van der Waals surface area contributed by atoms with Crippen molar-refractivity contribution < 1.29 is 17.9 Å². The second-order valence-corrected chi connectivity index (χ2v) is 9.72. The number of thiazole rings is 1. The van der Waals surface area contributed by atoms with Crippen molar-refractivity contribution in [2.45, 2.75) is 11.8 Å². The predicted molar refractivity (Wildman–Crippen MR) is 120 cm³/mol. The Kier molecular flexibility index (Phi) is 5.50. The molecule has 0 spiro atoms. The van der Waals surface area contributed by atoms with Gasteiger partial charge in [0.2, 0.25) is 5.91 Å². The molecule has 0 radical (unpaired) electrons. The monoisotopic (exact) mass is 456 g/mol. The Bertz CT molecular complexity index is 1280. The molecule has 3 aromatic rings. The van der Waals surface area contributed by atoms with Crippen molar-refractivity contribution in [3.63, 3.8) is 0 Å². The van der Waals surface area contributed by atoms with E-state index < -0.39 is 10.0 Å². The van der Waals surface area contributed by atoms with E-state index in [9.17, 15) is 13.2 Å². The number of sulfonamides is 1. The van der Waals surface area contributed by atoms with Gasteiger partial charge in [-0.1, -0.05) is 12.1 Å². The van der Waals surface area contributed by atoms with Gasteiger partial charge in [0.15, 0.2) is 11.0 Å². The van der Waals surface area contributed by atoms with Gasteiger partial charge in [-0.25, -0.2) is 4.98 Å².